The van der Waals surface area contributed by atoms with E-state index in [9.17, 15) is 4.79 Å². The van der Waals surface area contributed by atoms with Gasteiger partial charge in [-0.3, -0.25) is 15.1 Å². The van der Waals surface area contributed by atoms with Gasteiger partial charge >= 0.3 is 0 Å². The number of nitrogen functional groups attached to an aromatic ring is 1. The van der Waals surface area contributed by atoms with Crippen molar-refractivity contribution in [2.75, 3.05) is 18.2 Å². The summed E-state index contributed by atoms with van der Waals surface area (Å²) in [4.78, 5) is 16.6. The van der Waals surface area contributed by atoms with Crippen molar-refractivity contribution in [1.29, 1.82) is 0 Å². The van der Waals surface area contributed by atoms with Crippen molar-refractivity contribution in [2.45, 2.75) is 6.92 Å². The number of anilines is 2. The van der Waals surface area contributed by atoms with Gasteiger partial charge in [0.2, 0.25) is 5.13 Å². The molecule has 3 N–H and O–H groups in total. The SMILES string of the molecule is COc1ccc(N)c2c(C(=O)Nc3nnc(C)s3)nccc12. The van der Waals surface area contributed by atoms with Gasteiger partial charge in [0.05, 0.1) is 7.11 Å². The van der Waals surface area contributed by atoms with E-state index < -0.39 is 0 Å². The van der Waals surface area contributed by atoms with E-state index in [1.807, 2.05) is 6.92 Å². The van der Waals surface area contributed by atoms with E-state index in [0.717, 1.165) is 10.4 Å². The number of nitrogens with two attached hydrogens (primary N) is 1. The lowest BCUT2D eigenvalue weighted by Crippen LogP contribution is -2.14. The van der Waals surface area contributed by atoms with Crippen LogP contribution in [0.1, 0.15) is 15.5 Å². The summed E-state index contributed by atoms with van der Waals surface area (Å²) in [6.45, 7) is 1.81. The Bertz CT molecular complexity index is 862. The number of carbonyl (C=O) groups is 1. The Hall–Kier alpha value is -2.74. The molecule has 0 radical (unpaired) electrons. The topological polar surface area (TPSA) is 103 Å². The molecule has 8 heteroatoms. The standard InChI is InChI=1S/C14H13N5O2S/c1-7-18-19-14(22-7)17-13(20)12-11-8(5-6-16-12)10(21-2)4-3-9(11)15/h3-6H,15H2,1-2H3,(H,17,19,20). The summed E-state index contributed by atoms with van der Waals surface area (Å²) < 4.78 is 5.30. The van der Waals surface area contributed by atoms with Crippen LogP contribution in [-0.4, -0.2) is 28.2 Å². The second-order valence-corrected chi connectivity index (χ2v) is 5.70. The van der Waals surface area contributed by atoms with Crippen molar-refractivity contribution in [3.63, 3.8) is 0 Å². The molecule has 0 unspecified atom stereocenters. The van der Waals surface area contributed by atoms with Crippen molar-refractivity contribution >= 4 is 38.8 Å². The van der Waals surface area contributed by atoms with Crippen LogP contribution in [0.4, 0.5) is 10.8 Å². The predicted octanol–water partition coefficient (Wildman–Crippen LogP) is 2.24. The summed E-state index contributed by atoms with van der Waals surface area (Å²) in [6, 6.07) is 5.21. The zero-order valence-corrected chi connectivity index (χ0v) is 12.8. The second kappa shape index (κ2) is 5.57. The smallest absolute Gasteiger partial charge is 0.276 e. The summed E-state index contributed by atoms with van der Waals surface area (Å²) in [6.07, 6.45) is 1.55. The van der Waals surface area contributed by atoms with Crippen molar-refractivity contribution in [2.24, 2.45) is 0 Å². The monoisotopic (exact) mass is 315 g/mol. The molecule has 22 heavy (non-hydrogen) atoms. The Morgan fingerprint density at radius 3 is 2.82 bits per heavy atom. The Labute approximate surface area is 130 Å². The number of ether oxygens (including phenoxy) is 1. The molecule has 0 bridgehead atoms. The molecule has 0 aliphatic heterocycles. The van der Waals surface area contributed by atoms with Crippen LogP contribution in [0, 0.1) is 6.92 Å². The number of amides is 1. The van der Waals surface area contributed by atoms with Gasteiger partial charge in [-0.15, -0.1) is 10.2 Å². The molecule has 0 saturated carbocycles. The molecule has 0 spiro atoms. The van der Waals surface area contributed by atoms with E-state index in [4.69, 9.17) is 10.5 Å². The minimum Gasteiger partial charge on any atom is -0.496 e. The minimum absolute atomic E-state index is 0.224. The third-order valence-electron chi connectivity index (χ3n) is 3.10. The summed E-state index contributed by atoms with van der Waals surface area (Å²) in [7, 11) is 1.56. The Kier molecular flexibility index (Phi) is 3.60. The Morgan fingerprint density at radius 2 is 2.14 bits per heavy atom. The van der Waals surface area contributed by atoms with Gasteiger partial charge in [-0.1, -0.05) is 11.3 Å². The minimum atomic E-state index is -0.387. The van der Waals surface area contributed by atoms with Gasteiger partial charge in [0, 0.05) is 22.7 Å². The quantitative estimate of drug-likeness (QED) is 0.718. The molecular weight excluding hydrogens is 302 g/mol. The molecule has 0 atom stereocenters. The number of pyridine rings is 1. The second-order valence-electron chi connectivity index (χ2n) is 4.52. The molecule has 7 nitrogen and oxygen atoms in total. The van der Waals surface area contributed by atoms with Gasteiger partial charge in [0.15, 0.2) is 0 Å². The first-order valence-corrected chi connectivity index (χ1v) is 7.24. The van der Waals surface area contributed by atoms with Gasteiger partial charge in [-0.05, 0) is 25.1 Å². The summed E-state index contributed by atoms with van der Waals surface area (Å²) >= 11 is 1.29. The highest BCUT2D eigenvalue weighted by Gasteiger charge is 2.17. The summed E-state index contributed by atoms with van der Waals surface area (Å²) in [5.41, 5.74) is 6.70. The molecule has 0 aliphatic rings. The average Bonchev–Trinajstić information content (AvgIpc) is 2.92. The largest absolute Gasteiger partial charge is 0.496 e. The van der Waals surface area contributed by atoms with Crippen LogP contribution < -0.4 is 15.8 Å². The molecule has 3 rings (SSSR count). The van der Waals surface area contributed by atoms with Crippen LogP contribution in [0.5, 0.6) is 5.75 Å². The highest BCUT2D eigenvalue weighted by atomic mass is 32.1. The normalized spacial score (nSPS) is 10.6. The van der Waals surface area contributed by atoms with Crippen LogP contribution >= 0.6 is 11.3 Å². The molecule has 0 saturated heterocycles. The maximum absolute atomic E-state index is 12.5. The van der Waals surface area contributed by atoms with Crippen molar-refractivity contribution in [3.8, 4) is 5.75 Å². The van der Waals surface area contributed by atoms with Crippen LogP contribution in [0.3, 0.4) is 0 Å². The first kappa shape index (κ1) is 14.2. The number of fused-ring (bicyclic) bond motifs is 1. The summed E-state index contributed by atoms with van der Waals surface area (Å²) in [5, 5.41) is 12.9. The fourth-order valence-electron chi connectivity index (χ4n) is 2.15. The molecule has 3 aromatic rings. The molecule has 1 aromatic carbocycles. The Morgan fingerprint density at radius 1 is 1.32 bits per heavy atom. The molecule has 0 fully saturated rings. The lowest BCUT2D eigenvalue weighted by atomic mass is 10.1. The Balaban J connectivity index is 2.08. The van der Waals surface area contributed by atoms with Crippen LogP contribution in [0.2, 0.25) is 0 Å². The average molecular weight is 315 g/mol. The fraction of sp³-hybridized carbons (Fsp3) is 0.143. The zero-order chi connectivity index (χ0) is 15.7. The van der Waals surface area contributed by atoms with E-state index >= 15 is 0 Å². The van der Waals surface area contributed by atoms with E-state index in [-0.39, 0.29) is 11.6 Å². The van der Waals surface area contributed by atoms with Crippen LogP contribution in [-0.2, 0) is 0 Å². The number of benzene rings is 1. The number of carbonyl (C=O) groups excluding carboxylic acids is 1. The predicted molar refractivity (Wildman–Crippen MR) is 85.3 cm³/mol. The number of aryl methyl sites for hydroxylation is 1. The number of nitrogens with one attached hydrogen (secondary N) is 1. The van der Waals surface area contributed by atoms with Crippen molar-refractivity contribution < 1.29 is 9.53 Å². The number of methoxy groups -OCH3 is 1. The van der Waals surface area contributed by atoms with Gasteiger partial charge < -0.3 is 10.5 Å². The number of hydrogen-bond donors (Lipinski definition) is 2. The molecule has 2 aromatic heterocycles. The number of rotatable bonds is 3. The third-order valence-corrected chi connectivity index (χ3v) is 3.85. The highest BCUT2D eigenvalue weighted by molar-refractivity contribution is 7.15. The van der Waals surface area contributed by atoms with E-state index in [1.165, 1.54) is 11.3 Å². The first-order valence-electron chi connectivity index (χ1n) is 6.43. The van der Waals surface area contributed by atoms with Gasteiger partial charge in [0.1, 0.15) is 16.5 Å². The molecular formula is C14H13N5O2S. The van der Waals surface area contributed by atoms with Crippen molar-refractivity contribution in [3.05, 3.63) is 35.1 Å². The third kappa shape index (κ3) is 2.44. The van der Waals surface area contributed by atoms with Crippen molar-refractivity contribution in [1.82, 2.24) is 15.2 Å². The number of aromatic nitrogens is 3. The lowest BCUT2D eigenvalue weighted by Gasteiger charge is -2.10. The van der Waals surface area contributed by atoms with Gasteiger partial charge in [-0.25, -0.2) is 0 Å². The maximum atomic E-state index is 12.5. The molecule has 1 amide bonds. The van der Waals surface area contributed by atoms with E-state index in [1.54, 1.807) is 31.5 Å². The zero-order valence-electron chi connectivity index (χ0n) is 12.0. The molecule has 2 heterocycles. The summed E-state index contributed by atoms with van der Waals surface area (Å²) in [5.74, 6) is 0.245. The molecule has 112 valence electrons. The lowest BCUT2D eigenvalue weighted by molar-refractivity contribution is 0.102. The molecule has 0 aliphatic carbocycles. The fourth-order valence-corrected chi connectivity index (χ4v) is 2.74. The van der Waals surface area contributed by atoms with E-state index in [2.05, 4.69) is 20.5 Å². The van der Waals surface area contributed by atoms with Gasteiger partial charge in [-0.2, -0.15) is 0 Å². The number of nitrogens with zero attached hydrogens (tertiary/aromatic N) is 3. The maximum Gasteiger partial charge on any atom is 0.276 e. The van der Waals surface area contributed by atoms with Crippen LogP contribution in [0.15, 0.2) is 24.4 Å². The number of hydrogen-bond acceptors (Lipinski definition) is 7. The van der Waals surface area contributed by atoms with Crippen LogP contribution in [0.25, 0.3) is 10.8 Å². The first-order chi connectivity index (χ1) is 10.6. The van der Waals surface area contributed by atoms with Gasteiger partial charge in [0.25, 0.3) is 5.91 Å². The van der Waals surface area contributed by atoms with E-state index in [0.29, 0.717) is 22.0 Å². The highest BCUT2D eigenvalue weighted by Crippen LogP contribution is 2.31.